The second-order valence-corrected chi connectivity index (χ2v) is 6.33. The van der Waals surface area contributed by atoms with Gasteiger partial charge >= 0.3 is 0 Å². The van der Waals surface area contributed by atoms with Crippen LogP contribution in [0.1, 0.15) is 39.0 Å². The first-order valence-electron chi connectivity index (χ1n) is 8.54. The number of amides is 2. The molecule has 2 amide bonds. The van der Waals surface area contributed by atoms with Crippen LogP contribution < -0.4 is 10.6 Å². The minimum Gasteiger partial charge on any atom is -0.378 e. The topological polar surface area (TPSA) is 70.7 Å². The molecule has 0 radical (unpaired) electrons. The van der Waals surface area contributed by atoms with Crippen molar-refractivity contribution in [1.29, 1.82) is 0 Å². The van der Waals surface area contributed by atoms with Crippen LogP contribution in [0.3, 0.4) is 0 Å². The lowest BCUT2D eigenvalue weighted by atomic mass is 9.97. The largest absolute Gasteiger partial charge is 0.378 e. The lowest BCUT2D eigenvalue weighted by molar-refractivity contribution is -0.134. The number of halogens is 1. The summed E-state index contributed by atoms with van der Waals surface area (Å²) in [6.45, 7) is 6.47. The van der Waals surface area contributed by atoms with E-state index in [1.165, 1.54) is 0 Å². The summed E-state index contributed by atoms with van der Waals surface area (Å²) in [5.74, 6) is 0.705. The Labute approximate surface area is 145 Å². The minimum atomic E-state index is 0. The third kappa shape index (κ3) is 7.06. The lowest BCUT2D eigenvalue weighted by Gasteiger charge is -2.34. The molecule has 7 heteroatoms. The van der Waals surface area contributed by atoms with E-state index in [9.17, 15) is 9.59 Å². The highest BCUT2D eigenvalue weighted by Gasteiger charge is 2.26. The number of hydrogen-bond acceptors (Lipinski definition) is 4. The molecule has 2 atom stereocenters. The van der Waals surface area contributed by atoms with Gasteiger partial charge in [0.1, 0.15) is 0 Å². The van der Waals surface area contributed by atoms with Gasteiger partial charge in [-0.1, -0.05) is 6.92 Å². The Kier molecular flexibility index (Phi) is 9.52. The fraction of sp³-hybridized carbons (Fsp3) is 0.875. The Morgan fingerprint density at radius 1 is 1.39 bits per heavy atom. The Bertz CT molecular complexity index is 376. The van der Waals surface area contributed by atoms with Crippen molar-refractivity contribution in [3.05, 3.63) is 0 Å². The third-order valence-corrected chi connectivity index (χ3v) is 4.36. The van der Waals surface area contributed by atoms with Crippen molar-refractivity contribution in [3.63, 3.8) is 0 Å². The molecular formula is C16H30ClN3O3. The summed E-state index contributed by atoms with van der Waals surface area (Å²) >= 11 is 0. The SMILES string of the molecule is CCCC(=O)NCC1CCCN(C(=O)CC2COCCN2)C1.Cl. The van der Waals surface area contributed by atoms with Crippen molar-refractivity contribution in [3.8, 4) is 0 Å². The van der Waals surface area contributed by atoms with Gasteiger partial charge in [0.2, 0.25) is 11.8 Å². The van der Waals surface area contributed by atoms with Crippen LogP contribution in [0.2, 0.25) is 0 Å². The highest BCUT2D eigenvalue weighted by molar-refractivity contribution is 5.85. The van der Waals surface area contributed by atoms with Crippen LogP contribution in [0.5, 0.6) is 0 Å². The molecule has 0 bridgehead atoms. The molecule has 2 fully saturated rings. The Balaban J connectivity index is 0.00000264. The fourth-order valence-electron chi connectivity index (χ4n) is 3.12. The molecular weight excluding hydrogens is 318 g/mol. The molecule has 6 nitrogen and oxygen atoms in total. The minimum absolute atomic E-state index is 0. The first-order chi connectivity index (χ1) is 10.7. The van der Waals surface area contributed by atoms with Crippen molar-refractivity contribution in [2.75, 3.05) is 39.4 Å². The standard InChI is InChI=1S/C16H29N3O3.ClH/c1-2-4-15(20)18-10-13-5-3-7-19(11-13)16(21)9-14-12-22-8-6-17-14;/h13-14,17H,2-12H2,1H3,(H,18,20);1H. The first kappa shape index (κ1) is 20.2. The van der Waals surface area contributed by atoms with Crippen LogP contribution in [0.4, 0.5) is 0 Å². The number of nitrogens with zero attached hydrogens (tertiary/aromatic N) is 1. The second-order valence-electron chi connectivity index (χ2n) is 6.33. The average molecular weight is 348 g/mol. The number of morpholine rings is 1. The lowest BCUT2D eigenvalue weighted by Crippen LogP contribution is -2.48. The van der Waals surface area contributed by atoms with E-state index in [0.717, 1.165) is 45.5 Å². The van der Waals surface area contributed by atoms with Crippen LogP contribution in [0.15, 0.2) is 0 Å². The predicted octanol–water partition coefficient (Wildman–Crippen LogP) is 0.942. The summed E-state index contributed by atoms with van der Waals surface area (Å²) in [6, 6.07) is 0.144. The maximum absolute atomic E-state index is 12.4. The van der Waals surface area contributed by atoms with Gasteiger partial charge in [0.15, 0.2) is 0 Å². The van der Waals surface area contributed by atoms with Crippen LogP contribution >= 0.6 is 12.4 Å². The summed E-state index contributed by atoms with van der Waals surface area (Å²) in [5, 5.41) is 6.31. The highest BCUT2D eigenvalue weighted by atomic mass is 35.5. The fourth-order valence-corrected chi connectivity index (χ4v) is 3.12. The third-order valence-electron chi connectivity index (χ3n) is 4.36. The van der Waals surface area contributed by atoms with E-state index in [-0.39, 0.29) is 30.3 Å². The maximum Gasteiger partial charge on any atom is 0.224 e. The van der Waals surface area contributed by atoms with E-state index in [1.807, 2.05) is 11.8 Å². The number of ether oxygens (including phenoxy) is 1. The molecule has 0 aromatic heterocycles. The molecule has 2 aliphatic heterocycles. The van der Waals surface area contributed by atoms with E-state index in [0.29, 0.717) is 31.9 Å². The van der Waals surface area contributed by atoms with Gasteiger partial charge in [-0.3, -0.25) is 9.59 Å². The van der Waals surface area contributed by atoms with Crippen LogP contribution in [-0.2, 0) is 14.3 Å². The first-order valence-corrected chi connectivity index (χ1v) is 8.54. The summed E-state index contributed by atoms with van der Waals surface area (Å²) < 4.78 is 5.40. The molecule has 2 rings (SSSR count). The van der Waals surface area contributed by atoms with Crippen molar-refractivity contribution >= 4 is 24.2 Å². The van der Waals surface area contributed by atoms with E-state index in [4.69, 9.17) is 4.74 Å². The van der Waals surface area contributed by atoms with Gasteiger partial charge in [0.25, 0.3) is 0 Å². The summed E-state index contributed by atoms with van der Waals surface area (Å²) in [4.78, 5) is 25.9. The van der Waals surface area contributed by atoms with Crippen LogP contribution in [-0.4, -0.2) is 62.1 Å². The van der Waals surface area contributed by atoms with E-state index < -0.39 is 0 Å². The smallest absolute Gasteiger partial charge is 0.224 e. The number of likely N-dealkylation sites (tertiary alicyclic amines) is 1. The van der Waals surface area contributed by atoms with Crippen molar-refractivity contribution in [2.24, 2.45) is 5.92 Å². The summed E-state index contributed by atoms with van der Waals surface area (Å²) in [7, 11) is 0. The van der Waals surface area contributed by atoms with Crippen LogP contribution in [0, 0.1) is 5.92 Å². The molecule has 0 saturated carbocycles. The van der Waals surface area contributed by atoms with E-state index in [2.05, 4.69) is 10.6 Å². The zero-order valence-electron chi connectivity index (χ0n) is 14.0. The molecule has 2 aliphatic rings. The van der Waals surface area contributed by atoms with Crippen molar-refractivity contribution in [2.45, 2.75) is 45.1 Å². The van der Waals surface area contributed by atoms with Gasteiger partial charge in [-0.25, -0.2) is 0 Å². The summed E-state index contributed by atoms with van der Waals surface area (Å²) in [5.41, 5.74) is 0. The number of hydrogen-bond donors (Lipinski definition) is 2. The van der Waals surface area contributed by atoms with Crippen molar-refractivity contribution < 1.29 is 14.3 Å². The predicted molar refractivity (Wildman–Crippen MR) is 91.7 cm³/mol. The molecule has 134 valence electrons. The highest BCUT2D eigenvalue weighted by Crippen LogP contribution is 2.17. The van der Waals surface area contributed by atoms with Gasteiger partial charge in [0.05, 0.1) is 13.2 Å². The zero-order chi connectivity index (χ0) is 15.8. The molecule has 2 saturated heterocycles. The van der Waals surface area contributed by atoms with E-state index in [1.54, 1.807) is 0 Å². The second kappa shape index (κ2) is 10.8. The molecule has 0 aromatic rings. The Morgan fingerprint density at radius 3 is 2.91 bits per heavy atom. The van der Waals surface area contributed by atoms with Crippen LogP contribution in [0.25, 0.3) is 0 Å². The molecule has 2 unspecified atom stereocenters. The van der Waals surface area contributed by atoms with Gasteiger partial charge in [-0.2, -0.15) is 0 Å². The Morgan fingerprint density at radius 2 is 2.22 bits per heavy atom. The molecule has 0 spiro atoms. The van der Waals surface area contributed by atoms with Gasteiger partial charge in [-0.15, -0.1) is 12.4 Å². The number of carbonyl (C=O) groups excluding carboxylic acids is 2. The van der Waals surface area contributed by atoms with E-state index >= 15 is 0 Å². The monoisotopic (exact) mass is 347 g/mol. The van der Waals surface area contributed by atoms with Crippen molar-refractivity contribution in [1.82, 2.24) is 15.5 Å². The molecule has 2 N–H and O–H groups in total. The maximum atomic E-state index is 12.4. The zero-order valence-corrected chi connectivity index (χ0v) is 14.8. The Hall–Kier alpha value is -0.850. The number of nitrogens with one attached hydrogen (secondary N) is 2. The quantitative estimate of drug-likeness (QED) is 0.750. The van der Waals surface area contributed by atoms with Gasteiger partial charge in [-0.05, 0) is 25.2 Å². The normalized spacial score (nSPS) is 24.7. The van der Waals surface area contributed by atoms with Gasteiger partial charge < -0.3 is 20.3 Å². The number of rotatable bonds is 6. The molecule has 0 aromatic carbocycles. The molecule has 23 heavy (non-hydrogen) atoms. The van der Waals surface area contributed by atoms with Gasteiger partial charge in [0, 0.05) is 45.1 Å². The number of carbonyl (C=O) groups is 2. The average Bonchev–Trinajstić information content (AvgIpc) is 2.54. The molecule has 2 heterocycles. The summed E-state index contributed by atoms with van der Waals surface area (Å²) in [6.07, 6.45) is 4.07. The number of piperidine rings is 1. The molecule has 0 aliphatic carbocycles.